The van der Waals surface area contributed by atoms with E-state index in [1.807, 2.05) is 0 Å². The first-order valence-electron chi connectivity index (χ1n) is 15.8. The van der Waals surface area contributed by atoms with Gasteiger partial charge in [0.2, 0.25) is 11.9 Å². The van der Waals surface area contributed by atoms with E-state index in [0.29, 0.717) is 38.9 Å². The predicted octanol–water partition coefficient (Wildman–Crippen LogP) is 2.94. The quantitative estimate of drug-likeness (QED) is 0.0584. The van der Waals surface area contributed by atoms with Gasteiger partial charge in [-0.1, -0.05) is 12.1 Å². The fraction of sp³-hybridized carbons (Fsp3) is 0.118. The number of guanidine groups is 2. The van der Waals surface area contributed by atoms with Crippen LogP contribution >= 0.6 is 0 Å². The van der Waals surface area contributed by atoms with Gasteiger partial charge in [0.1, 0.15) is 17.1 Å². The number of nitrogens with zero attached hydrogens (tertiary/aromatic N) is 4. The number of benzene rings is 3. The molecule has 0 radical (unpaired) electrons. The van der Waals surface area contributed by atoms with Crippen LogP contribution in [0, 0.1) is 0 Å². The van der Waals surface area contributed by atoms with Gasteiger partial charge in [0.25, 0.3) is 23.6 Å². The lowest BCUT2D eigenvalue weighted by Gasteiger charge is -2.13. The van der Waals surface area contributed by atoms with Crippen LogP contribution in [-0.2, 0) is 0 Å². The van der Waals surface area contributed by atoms with E-state index in [1.165, 1.54) is 0 Å². The zero-order valence-electron chi connectivity index (χ0n) is 27.6. The average molecular weight is 690 g/mol. The highest BCUT2D eigenvalue weighted by molar-refractivity contribution is 6.10. The van der Waals surface area contributed by atoms with E-state index in [0.717, 1.165) is 20.8 Å². The molecule has 260 valence electrons. The fourth-order valence-electron chi connectivity index (χ4n) is 5.51. The van der Waals surface area contributed by atoms with Crippen molar-refractivity contribution in [2.24, 2.45) is 33.1 Å². The topological polar surface area (TPSA) is 275 Å². The van der Waals surface area contributed by atoms with Gasteiger partial charge in [-0.25, -0.2) is 10.0 Å². The van der Waals surface area contributed by atoms with Crippen molar-refractivity contribution in [2.75, 3.05) is 23.7 Å². The van der Waals surface area contributed by atoms with Crippen LogP contribution in [0.1, 0.15) is 55.7 Å². The predicted molar refractivity (Wildman–Crippen MR) is 196 cm³/mol. The molecular weight excluding hydrogens is 654 g/mol. The van der Waals surface area contributed by atoms with Gasteiger partial charge in [-0.2, -0.15) is 0 Å². The summed E-state index contributed by atoms with van der Waals surface area (Å²) in [6.45, 7) is 4.02. The Morgan fingerprint density at radius 1 is 0.569 bits per heavy atom. The van der Waals surface area contributed by atoms with E-state index in [4.69, 9.17) is 22.9 Å². The normalized spacial score (nSPS) is 10.9. The first-order valence-corrected chi connectivity index (χ1v) is 15.8. The highest BCUT2D eigenvalue weighted by atomic mass is 16.2. The highest BCUT2D eigenvalue weighted by Crippen LogP contribution is 2.25. The third-order valence-corrected chi connectivity index (χ3v) is 7.89. The van der Waals surface area contributed by atoms with Gasteiger partial charge in [0.05, 0.1) is 0 Å². The number of nitrogens with one attached hydrogen (secondary N) is 5. The van der Waals surface area contributed by atoms with Crippen LogP contribution in [0.25, 0.3) is 32.7 Å². The average Bonchev–Trinajstić information content (AvgIpc) is 3.84. The summed E-state index contributed by atoms with van der Waals surface area (Å²) in [6, 6.07) is 20.5. The lowest BCUT2D eigenvalue weighted by Crippen LogP contribution is -2.33. The maximum Gasteiger partial charge on any atom is 0.290 e. The first kappa shape index (κ1) is 33.6. The number of aromatic amines is 3. The van der Waals surface area contributed by atoms with E-state index in [2.05, 4.69) is 35.8 Å². The van der Waals surface area contributed by atoms with E-state index in [9.17, 15) is 19.2 Å². The van der Waals surface area contributed by atoms with Gasteiger partial charge >= 0.3 is 0 Å². The lowest BCUT2D eigenvalue weighted by molar-refractivity contribution is 0.0757. The van der Waals surface area contributed by atoms with Gasteiger partial charge < -0.3 is 48.5 Å². The molecule has 3 aromatic carbocycles. The third-order valence-electron chi connectivity index (χ3n) is 7.89. The zero-order chi connectivity index (χ0) is 36.4. The number of hydrogen-bond donors (Lipinski definition) is 9. The number of H-pyrrole nitrogens is 3. The van der Waals surface area contributed by atoms with Gasteiger partial charge in [-0.15, -0.1) is 10.2 Å². The first-order chi connectivity index (χ1) is 24.4. The van der Waals surface area contributed by atoms with E-state index in [1.54, 1.807) is 86.6 Å². The second-order valence-electron chi connectivity index (χ2n) is 11.5. The van der Waals surface area contributed by atoms with Crippen LogP contribution in [0.2, 0.25) is 0 Å². The lowest BCUT2D eigenvalue weighted by atomic mass is 10.1. The molecule has 0 aliphatic rings. The van der Waals surface area contributed by atoms with Crippen LogP contribution in [0.15, 0.2) is 83.0 Å². The highest BCUT2D eigenvalue weighted by Gasteiger charge is 2.19. The van der Waals surface area contributed by atoms with Crippen molar-refractivity contribution in [2.45, 2.75) is 13.8 Å². The number of carbonyl (C=O) groups is 4. The van der Waals surface area contributed by atoms with Gasteiger partial charge in [-0.05, 0) is 74.5 Å². The van der Waals surface area contributed by atoms with E-state index in [-0.39, 0.29) is 48.0 Å². The summed E-state index contributed by atoms with van der Waals surface area (Å²) in [5.41, 5.74) is 25.9. The van der Waals surface area contributed by atoms with Gasteiger partial charge in [-0.3, -0.25) is 19.2 Å². The number of amides is 4. The Bertz CT molecular complexity index is 2270. The number of carbonyl (C=O) groups excluding carboxylic acids is 4. The number of anilines is 2. The van der Waals surface area contributed by atoms with Crippen molar-refractivity contribution in [1.82, 2.24) is 25.0 Å². The molecule has 0 spiro atoms. The molecule has 4 amide bonds. The number of hydrogen-bond acceptors (Lipinski definition) is 6. The van der Waals surface area contributed by atoms with Crippen molar-refractivity contribution in [3.63, 3.8) is 0 Å². The molecule has 51 heavy (non-hydrogen) atoms. The Kier molecular flexibility index (Phi) is 9.00. The SMILES string of the molecule is CCN(N=C(N)N)C(=O)c1cc2ccc(NC(=O)c3ccc4[nH]c(C(=O)Nc5ccc6cc(C(=O)N(CC)N=C(N)N)[nH]c6c5)cc4c3)cc2[nH]1. The maximum atomic E-state index is 13.2. The molecule has 0 fully saturated rings. The summed E-state index contributed by atoms with van der Waals surface area (Å²) in [6.07, 6.45) is 0. The number of nitrogens with two attached hydrogens (primary N) is 4. The molecule has 0 bridgehead atoms. The summed E-state index contributed by atoms with van der Waals surface area (Å²) in [7, 11) is 0. The molecule has 17 heteroatoms. The minimum Gasteiger partial charge on any atom is -0.369 e. The van der Waals surface area contributed by atoms with E-state index < -0.39 is 17.7 Å². The molecular formula is C34H35N13O4. The third kappa shape index (κ3) is 7.12. The van der Waals surface area contributed by atoms with Crippen LogP contribution in [-0.4, -0.2) is 73.6 Å². The van der Waals surface area contributed by atoms with Crippen LogP contribution in [0.4, 0.5) is 11.4 Å². The number of rotatable bonds is 10. The molecule has 6 rings (SSSR count). The summed E-state index contributed by atoms with van der Waals surface area (Å²) in [4.78, 5) is 61.3. The number of fused-ring (bicyclic) bond motifs is 3. The number of hydrazone groups is 2. The molecule has 6 aromatic rings. The summed E-state index contributed by atoms with van der Waals surface area (Å²) >= 11 is 0. The molecule has 0 unspecified atom stereocenters. The Morgan fingerprint density at radius 3 is 1.53 bits per heavy atom. The Hall–Kier alpha value is -7.30. The summed E-state index contributed by atoms with van der Waals surface area (Å²) in [5.74, 6) is -2.05. The largest absolute Gasteiger partial charge is 0.369 e. The van der Waals surface area contributed by atoms with Crippen molar-refractivity contribution in [1.29, 1.82) is 0 Å². The maximum absolute atomic E-state index is 13.2. The van der Waals surface area contributed by atoms with E-state index >= 15 is 0 Å². The molecule has 0 aliphatic heterocycles. The summed E-state index contributed by atoms with van der Waals surface area (Å²) in [5, 5.41) is 17.9. The molecule has 0 saturated carbocycles. The zero-order valence-corrected chi connectivity index (χ0v) is 27.6. The minimum absolute atomic E-state index is 0.230. The molecule has 3 aromatic heterocycles. The molecule has 0 atom stereocenters. The second-order valence-corrected chi connectivity index (χ2v) is 11.5. The van der Waals surface area contributed by atoms with Crippen molar-refractivity contribution in [3.8, 4) is 0 Å². The molecule has 0 aliphatic carbocycles. The molecule has 13 N–H and O–H groups in total. The Labute approximate surface area is 289 Å². The molecule has 17 nitrogen and oxygen atoms in total. The minimum atomic E-state index is -0.410. The Balaban J connectivity index is 1.14. The standard InChI is InChI=1S/C34H35N13O4/c1-3-46(44-33(35)36)31(50)27-12-17-5-8-21(15-24(17)42-27)39-29(48)19-7-10-23-20(11-19)14-26(41-23)30(49)40-22-9-6-18-13-28(43-25(18)16-22)32(51)47(4-2)45-34(37)38/h5-16,41-43H,3-4H2,1-2H3,(H,39,48)(H,40,49)(H4,35,36,44)(H4,37,38,45). The Morgan fingerprint density at radius 2 is 1.04 bits per heavy atom. The molecule has 0 saturated heterocycles. The number of aromatic nitrogens is 3. The fourth-order valence-corrected chi connectivity index (χ4v) is 5.51. The van der Waals surface area contributed by atoms with Crippen molar-refractivity contribution < 1.29 is 19.2 Å². The monoisotopic (exact) mass is 689 g/mol. The van der Waals surface area contributed by atoms with Crippen LogP contribution in [0.3, 0.4) is 0 Å². The smallest absolute Gasteiger partial charge is 0.290 e. The second kappa shape index (κ2) is 13.7. The van der Waals surface area contributed by atoms with Crippen LogP contribution < -0.4 is 33.6 Å². The van der Waals surface area contributed by atoms with Gasteiger partial charge in [0, 0.05) is 62.7 Å². The summed E-state index contributed by atoms with van der Waals surface area (Å²) < 4.78 is 0. The van der Waals surface area contributed by atoms with Crippen molar-refractivity contribution in [3.05, 3.63) is 95.4 Å². The van der Waals surface area contributed by atoms with Crippen molar-refractivity contribution >= 4 is 79.6 Å². The van der Waals surface area contributed by atoms with Gasteiger partial charge in [0.15, 0.2) is 0 Å². The molecule has 3 heterocycles. The van der Waals surface area contributed by atoms with Crippen LogP contribution in [0.5, 0.6) is 0 Å².